The largest absolute Gasteiger partial charge is 0.347 e. The molecule has 0 saturated heterocycles. The van der Waals surface area contributed by atoms with Crippen molar-refractivity contribution < 1.29 is 8.42 Å². The maximum atomic E-state index is 11.7. The highest BCUT2D eigenvalue weighted by atomic mass is 32.2. The molecule has 1 N–H and O–H groups in total. The molecule has 0 radical (unpaired) electrons. The summed E-state index contributed by atoms with van der Waals surface area (Å²) in [6.07, 6.45) is 1.53. The van der Waals surface area contributed by atoms with E-state index >= 15 is 0 Å². The van der Waals surface area contributed by atoms with Crippen molar-refractivity contribution in [2.45, 2.75) is 31.6 Å². The number of hydrogen-bond acceptors (Lipinski definition) is 5. The van der Waals surface area contributed by atoms with Crippen molar-refractivity contribution in [2.75, 3.05) is 19.0 Å². The molecular formula is C11H18N4O2S. The second kappa shape index (κ2) is 4.81. The summed E-state index contributed by atoms with van der Waals surface area (Å²) < 4.78 is 26.0. The van der Waals surface area contributed by atoms with Gasteiger partial charge in [-0.25, -0.2) is 23.1 Å². The second-order valence-electron chi connectivity index (χ2n) is 4.76. The Morgan fingerprint density at radius 1 is 1.39 bits per heavy atom. The molecule has 6 nitrogen and oxygen atoms in total. The number of nitrogens with zero attached hydrogens (tertiary/aromatic N) is 3. The SMILES string of the molecule is Cc1cc(CNS(=O)(=O)C2CC2)nc(N(C)C)n1. The lowest BCUT2D eigenvalue weighted by atomic mass is 10.3. The summed E-state index contributed by atoms with van der Waals surface area (Å²) in [4.78, 5) is 10.4. The smallest absolute Gasteiger partial charge is 0.225 e. The Morgan fingerprint density at radius 2 is 2.06 bits per heavy atom. The predicted octanol–water partition coefficient (Wildman–Crippen LogP) is 0.433. The van der Waals surface area contributed by atoms with Gasteiger partial charge < -0.3 is 4.90 Å². The van der Waals surface area contributed by atoms with E-state index in [-0.39, 0.29) is 11.8 Å². The van der Waals surface area contributed by atoms with E-state index < -0.39 is 10.0 Å². The molecule has 0 aromatic carbocycles. The summed E-state index contributed by atoms with van der Waals surface area (Å²) in [7, 11) is 0.553. The highest BCUT2D eigenvalue weighted by molar-refractivity contribution is 7.90. The van der Waals surface area contributed by atoms with Crippen molar-refractivity contribution in [3.05, 3.63) is 17.5 Å². The van der Waals surface area contributed by atoms with Crippen molar-refractivity contribution in [3.8, 4) is 0 Å². The van der Waals surface area contributed by atoms with E-state index in [1.807, 2.05) is 21.0 Å². The first-order valence-electron chi connectivity index (χ1n) is 5.89. The van der Waals surface area contributed by atoms with Gasteiger partial charge in [0.25, 0.3) is 0 Å². The van der Waals surface area contributed by atoms with E-state index in [4.69, 9.17) is 0 Å². The van der Waals surface area contributed by atoms with Crippen LogP contribution in [0.15, 0.2) is 6.07 Å². The van der Waals surface area contributed by atoms with Crippen molar-refractivity contribution in [1.82, 2.24) is 14.7 Å². The van der Waals surface area contributed by atoms with Crippen LogP contribution in [0.25, 0.3) is 0 Å². The zero-order chi connectivity index (χ0) is 13.3. The Kier molecular flexibility index (Phi) is 3.54. The zero-order valence-corrected chi connectivity index (χ0v) is 11.7. The highest BCUT2D eigenvalue weighted by Gasteiger charge is 2.35. The maximum Gasteiger partial charge on any atom is 0.225 e. The lowest BCUT2D eigenvalue weighted by Gasteiger charge is -2.12. The van der Waals surface area contributed by atoms with Gasteiger partial charge in [0.05, 0.1) is 17.5 Å². The third-order valence-electron chi connectivity index (χ3n) is 2.71. The van der Waals surface area contributed by atoms with Gasteiger partial charge in [0.15, 0.2) is 0 Å². The third-order valence-corrected chi connectivity index (χ3v) is 4.61. The van der Waals surface area contributed by atoms with Crippen LogP contribution in [0.1, 0.15) is 24.2 Å². The number of sulfonamides is 1. The van der Waals surface area contributed by atoms with E-state index in [9.17, 15) is 8.42 Å². The Morgan fingerprint density at radius 3 is 2.61 bits per heavy atom. The molecule has 2 rings (SSSR count). The van der Waals surface area contributed by atoms with Crippen LogP contribution in [-0.2, 0) is 16.6 Å². The number of rotatable bonds is 5. The van der Waals surface area contributed by atoms with Crippen molar-refractivity contribution in [1.29, 1.82) is 0 Å². The Balaban J connectivity index is 2.09. The van der Waals surface area contributed by atoms with Gasteiger partial charge in [-0.05, 0) is 25.8 Å². The van der Waals surface area contributed by atoms with Crippen LogP contribution in [0.5, 0.6) is 0 Å². The first-order chi connectivity index (χ1) is 8.38. The molecule has 1 aliphatic rings. The average molecular weight is 270 g/mol. The maximum absolute atomic E-state index is 11.7. The molecule has 1 heterocycles. The summed E-state index contributed by atoms with van der Waals surface area (Å²) >= 11 is 0. The molecule has 0 unspecified atom stereocenters. The molecule has 0 amide bonds. The lowest BCUT2D eigenvalue weighted by molar-refractivity contribution is 0.579. The Hall–Kier alpha value is -1.21. The van der Waals surface area contributed by atoms with Crippen molar-refractivity contribution >= 4 is 16.0 Å². The lowest BCUT2D eigenvalue weighted by Crippen LogP contribution is -2.27. The van der Waals surface area contributed by atoms with E-state index in [2.05, 4.69) is 14.7 Å². The van der Waals surface area contributed by atoms with E-state index in [1.165, 1.54) is 0 Å². The standard InChI is InChI=1S/C11H18N4O2S/c1-8-6-9(14-11(13-8)15(2)3)7-12-18(16,17)10-4-5-10/h6,10,12H,4-5,7H2,1-3H3. The molecule has 1 aliphatic carbocycles. The number of aryl methyl sites for hydroxylation is 1. The molecule has 1 fully saturated rings. The molecule has 0 atom stereocenters. The zero-order valence-electron chi connectivity index (χ0n) is 10.8. The Bertz CT molecular complexity index is 538. The normalized spacial score (nSPS) is 15.7. The fourth-order valence-electron chi connectivity index (χ4n) is 1.58. The molecule has 18 heavy (non-hydrogen) atoms. The van der Waals surface area contributed by atoms with Crippen LogP contribution in [0.4, 0.5) is 5.95 Å². The third kappa shape index (κ3) is 3.17. The van der Waals surface area contributed by atoms with Crippen LogP contribution >= 0.6 is 0 Å². The first kappa shape index (κ1) is 13.2. The van der Waals surface area contributed by atoms with Gasteiger partial charge >= 0.3 is 0 Å². The summed E-state index contributed by atoms with van der Waals surface area (Å²) in [5.74, 6) is 0.593. The number of anilines is 1. The topological polar surface area (TPSA) is 75.2 Å². The molecule has 100 valence electrons. The van der Waals surface area contributed by atoms with Crippen LogP contribution in [0.3, 0.4) is 0 Å². The summed E-state index contributed by atoms with van der Waals surface area (Å²) in [6.45, 7) is 2.09. The van der Waals surface area contributed by atoms with Gasteiger partial charge in [-0.15, -0.1) is 0 Å². The minimum Gasteiger partial charge on any atom is -0.347 e. The van der Waals surface area contributed by atoms with E-state index in [0.717, 1.165) is 18.5 Å². The molecule has 0 spiro atoms. The van der Waals surface area contributed by atoms with Gasteiger partial charge in [0.1, 0.15) is 0 Å². The van der Waals surface area contributed by atoms with Gasteiger partial charge in [-0.1, -0.05) is 0 Å². The highest BCUT2D eigenvalue weighted by Crippen LogP contribution is 2.27. The Labute approximate surface area is 107 Å². The van der Waals surface area contributed by atoms with E-state index in [1.54, 1.807) is 11.0 Å². The van der Waals surface area contributed by atoms with Crippen LogP contribution in [0.2, 0.25) is 0 Å². The fourth-order valence-corrected chi connectivity index (χ4v) is 2.92. The molecule has 7 heteroatoms. The van der Waals surface area contributed by atoms with Crippen LogP contribution in [-0.4, -0.2) is 37.7 Å². The van der Waals surface area contributed by atoms with Crippen LogP contribution < -0.4 is 9.62 Å². The van der Waals surface area contributed by atoms with Gasteiger partial charge in [0.2, 0.25) is 16.0 Å². The van der Waals surface area contributed by atoms with E-state index in [0.29, 0.717) is 11.6 Å². The number of aromatic nitrogens is 2. The van der Waals surface area contributed by atoms with Gasteiger partial charge in [-0.2, -0.15) is 0 Å². The molecule has 1 saturated carbocycles. The van der Waals surface area contributed by atoms with Crippen molar-refractivity contribution in [2.24, 2.45) is 0 Å². The molecule has 1 aromatic heterocycles. The summed E-state index contributed by atoms with van der Waals surface area (Å²) in [5.41, 5.74) is 1.52. The predicted molar refractivity (Wildman–Crippen MR) is 69.9 cm³/mol. The molecule has 0 aliphatic heterocycles. The quantitative estimate of drug-likeness (QED) is 0.840. The summed E-state index contributed by atoms with van der Waals surface area (Å²) in [5, 5.41) is -0.200. The van der Waals surface area contributed by atoms with Gasteiger partial charge in [-0.3, -0.25) is 0 Å². The molecular weight excluding hydrogens is 252 g/mol. The average Bonchev–Trinajstić information content (AvgIpc) is 3.09. The van der Waals surface area contributed by atoms with Crippen molar-refractivity contribution in [3.63, 3.8) is 0 Å². The molecule has 0 bridgehead atoms. The molecule has 1 aromatic rings. The van der Waals surface area contributed by atoms with Gasteiger partial charge in [0, 0.05) is 19.8 Å². The number of nitrogens with one attached hydrogen (secondary N) is 1. The monoisotopic (exact) mass is 270 g/mol. The fraction of sp³-hybridized carbons (Fsp3) is 0.636. The van der Waals surface area contributed by atoms with Crippen LogP contribution in [0, 0.1) is 6.92 Å². The summed E-state index contributed by atoms with van der Waals surface area (Å²) in [6, 6.07) is 1.79. The second-order valence-corrected chi connectivity index (χ2v) is 6.81. The first-order valence-corrected chi connectivity index (χ1v) is 7.43. The minimum atomic E-state index is -3.16. The minimum absolute atomic E-state index is 0.200. The number of hydrogen-bond donors (Lipinski definition) is 1.